The van der Waals surface area contributed by atoms with Crippen LogP contribution in [0.2, 0.25) is 0 Å². The second-order valence-corrected chi connectivity index (χ2v) is 5.82. The van der Waals surface area contributed by atoms with Crippen molar-refractivity contribution in [2.24, 2.45) is 0 Å². The van der Waals surface area contributed by atoms with Crippen LogP contribution in [0.5, 0.6) is 5.75 Å². The van der Waals surface area contributed by atoms with Crippen molar-refractivity contribution in [2.45, 2.75) is 13.5 Å². The van der Waals surface area contributed by atoms with Gasteiger partial charge in [0.15, 0.2) is 0 Å². The van der Waals surface area contributed by atoms with Crippen LogP contribution in [0, 0.1) is 6.92 Å². The summed E-state index contributed by atoms with van der Waals surface area (Å²) in [4.78, 5) is 20.6. The predicted octanol–water partition coefficient (Wildman–Crippen LogP) is 3.66. The van der Waals surface area contributed by atoms with Crippen LogP contribution in [0.25, 0.3) is 0 Å². The van der Waals surface area contributed by atoms with Crippen LogP contribution in [0.4, 0.5) is 11.6 Å². The van der Waals surface area contributed by atoms with E-state index in [2.05, 4.69) is 20.6 Å². The summed E-state index contributed by atoms with van der Waals surface area (Å²) >= 11 is 0. The van der Waals surface area contributed by atoms with Gasteiger partial charge in [-0.05, 0) is 36.8 Å². The minimum Gasteiger partial charge on any atom is -0.497 e. The third kappa shape index (κ3) is 4.57. The molecule has 0 fully saturated rings. The van der Waals surface area contributed by atoms with Crippen molar-refractivity contribution in [1.82, 2.24) is 9.97 Å². The second kappa shape index (κ2) is 8.11. The molecule has 3 rings (SSSR count). The van der Waals surface area contributed by atoms with E-state index in [-0.39, 0.29) is 5.91 Å². The van der Waals surface area contributed by atoms with Gasteiger partial charge < -0.3 is 15.4 Å². The Bertz CT molecular complexity index is 860. The number of hydrogen-bond acceptors (Lipinski definition) is 5. The van der Waals surface area contributed by atoms with Crippen molar-refractivity contribution in [3.05, 3.63) is 77.6 Å². The molecule has 1 amide bonds. The quantitative estimate of drug-likeness (QED) is 0.711. The highest BCUT2D eigenvalue weighted by Crippen LogP contribution is 2.13. The van der Waals surface area contributed by atoms with Gasteiger partial charge in [0.05, 0.1) is 12.7 Å². The molecule has 132 valence electrons. The molecule has 0 spiro atoms. The zero-order valence-electron chi connectivity index (χ0n) is 14.7. The second-order valence-electron chi connectivity index (χ2n) is 5.82. The molecule has 26 heavy (non-hydrogen) atoms. The number of methoxy groups -OCH3 is 1. The summed E-state index contributed by atoms with van der Waals surface area (Å²) in [6.45, 7) is 2.58. The zero-order chi connectivity index (χ0) is 18.4. The van der Waals surface area contributed by atoms with Crippen LogP contribution >= 0.6 is 0 Å². The highest BCUT2D eigenvalue weighted by molar-refractivity contribution is 6.03. The number of rotatable bonds is 6. The first-order valence-electron chi connectivity index (χ1n) is 8.21. The topological polar surface area (TPSA) is 76.1 Å². The number of nitrogens with zero attached hydrogens (tertiary/aromatic N) is 2. The van der Waals surface area contributed by atoms with Gasteiger partial charge in [-0.15, -0.1) is 0 Å². The van der Waals surface area contributed by atoms with Crippen LogP contribution in [-0.2, 0) is 6.54 Å². The lowest BCUT2D eigenvalue weighted by molar-refractivity contribution is 0.102. The number of aromatic nitrogens is 2. The third-order valence-corrected chi connectivity index (χ3v) is 3.83. The van der Waals surface area contributed by atoms with Gasteiger partial charge in [0, 0.05) is 24.6 Å². The molecule has 0 radical (unpaired) electrons. The summed E-state index contributed by atoms with van der Waals surface area (Å²) in [6.07, 6.45) is 3.01. The summed E-state index contributed by atoms with van der Waals surface area (Å²) in [5.41, 5.74) is 3.36. The maximum Gasteiger partial charge on any atom is 0.258 e. The molecule has 6 heteroatoms. The van der Waals surface area contributed by atoms with E-state index in [1.54, 1.807) is 7.11 Å². The number of ether oxygens (including phenoxy) is 1. The van der Waals surface area contributed by atoms with Crippen molar-refractivity contribution in [1.29, 1.82) is 0 Å². The molecule has 2 aromatic carbocycles. The fourth-order valence-corrected chi connectivity index (χ4v) is 2.30. The van der Waals surface area contributed by atoms with E-state index in [0.717, 1.165) is 22.6 Å². The van der Waals surface area contributed by atoms with Gasteiger partial charge in [0.1, 0.15) is 5.75 Å². The predicted molar refractivity (Wildman–Crippen MR) is 101 cm³/mol. The number of benzene rings is 2. The number of carbonyl (C=O) groups is 1. The molecule has 3 aromatic rings. The van der Waals surface area contributed by atoms with Crippen molar-refractivity contribution in [2.75, 3.05) is 17.7 Å². The van der Waals surface area contributed by atoms with Crippen LogP contribution in [0.3, 0.4) is 0 Å². The smallest absolute Gasteiger partial charge is 0.258 e. The molecular weight excluding hydrogens is 328 g/mol. The number of carbonyl (C=O) groups excluding carboxylic acids is 1. The summed E-state index contributed by atoms with van der Waals surface area (Å²) in [5, 5.41) is 5.95. The lowest BCUT2D eigenvalue weighted by Gasteiger charge is -2.07. The molecule has 0 unspecified atom stereocenters. The molecule has 1 aromatic heterocycles. The molecule has 0 bridgehead atoms. The Kier molecular flexibility index (Phi) is 5.43. The van der Waals surface area contributed by atoms with Gasteiger partial charge in [-0.1, -0.05) is 29.8 Å². The van der Waals surface area contributed by atoms with Gasteiger partial charge in [-0.3, -0.25) is 4.79 Å². The van der Waals surface area contributed by atoms with Gasteiger partial charge >= 0.3 is 0 Å². The summed E-state index contributed by atoms with van der Waals surface area (Å²) in [7, 11) is 1.64. The van der Waals surface area contributed by atoms with E-state index in [4.69, 9.17) is 4.74 Å². The van der Waals surface area contributed by atoms with Crippen LogP contribution < -0.4 is 15.4 Å². The van der Waals surface area contributed by atoms with Crippen LogP contribution in [0.15, 0.2) is 60.9 Å². The Balaban J connectivity index is 1.56. The zero-order valence-corrected chi connectivity index (χ0v) is 14.7. The Hall–Kier alpha value is -3.41. The monoisotopic (exact) mass is 348 g/mol. The average Bonchev–Trinajstić information content (AvgIpc) is 2.69. The van der Waals surface area contributed by atoms with Crippen molar-refractivity contribution in [3.63, 3.8) is 0 Å². The molecule has 0 aliphatic heterocycles. The van der Waals surface area contributed by atoms with E-state index in [1.165, 1.54) is 12.4 Å². The number of amides is 1. The standard InChI is InChI=1S/C20H20N4O2/c1-14-3-7-17(8-4-14)24-19(25)16-12-22-20(23-13-16)21-11-15-5-9-18(26-2)10-6-15/h3-10,12-13H,11H2,1-2H3,(H,24,25)(H,21,22,23). The first-order valence-corrected chi connectivity index (χ1v) is 8.21. The summed E-state index contributed by atoms with van der Waals surface area (Å²) in [5.74, 6) is 1.04. The molecule has 1 heterocycles. The average molecular weight is 348 g/mol. The van der Waals surface area contributed by atoms with Gasteiger partial charge in [-0.25, -0.2) is 9.97 Å². The Morgan fingerprint density at radius 3 is 2.27 bits per heavy atom. The summed E-state index contributed by atoms with van der Waals surface area (Å²) in [6, 6.07) is 15.3. The normalized spacial score (nSPS) is 10.2. The first-order chi connectivity index (χ1) is 12.6. The van der Waals surface area contributed by atoms with E-state index >= 15 is 0 Å². The number of anilines is 2. The van der Waals surface area contributed by atoms with E-state index in [9.17, 15) is 4.79 Å². The van der Waals surface area contributed by atoms with E-state index in [0.29, 0.717) is 18.1 Å². The Labute approximate surface area is 152 Å². The van der Waals surface area contributed by atoms with Gasteiger partial charge in [0.25, 0.3) is 5.91 Å². The van der Waals surface area contributed by atoms with E-state index in [1.807, 2.05) is 55.5 Å². The Morgan fingerprint density at radius 1 is 1.00 bits per heavy atom. The number of hydrogen-bond donors (Lipinski definition) is 2. The van der Waals surface area contributed by atoms with E-state index < -0.39 is 0 Å². The minimum atomic E-state index is -0.240. The lowest BCUT2D eigenvalue weighted by Crippen LogP contribution is -2.13. The van der Waals surface area contributed by atoms with Crippen molar-refractivity contribution in [3.8, 4) is 5.75 Å². The van der Waals surface area contributed by atoms with Crippen LogP contribution in [0.1, 0.15) is 21.5 Å². The van der Waals surface area contributed by atoms with Crippen molar-refractivity contribution >= 4 is 17.5 Å². The van der Waals surface area contributed by atoms with Crippen molar-refractivity contribution < 1.29 is 9.53 Å². The van der Waals surface area contributed by atoms with Gasteiger partial charge in [0.2, 0.25) is 5.95 Å². The molecule has 0 aliphatic carbocycles. The maximum absolute atomic E-state index is 12.2. The largest absolute Gasteiger partial charge is 0.497 e. The highest BCUT2D eigenvalue weighted by Gasteiger charge is 2.07. The van der Waals surface area contributed by atoms with Gasteiger partial charge in [-0.2, -0.15) is 0 Å². The Morgan fingerprint density at radius 2 is 1.65 bits per heavy atom. The molecule has 2 N–H and O–H groups in total. The molecule has 0 atom stereocenters. The molecule has 0 aliphatic rings. The molecular formula is C20H20N4O2. The fraction of sp³-hybridized carbons (Fsp3) is 0.150. The number of aryl methyl sites for hydroxylation is 1. The fourth-order valence-electron chi connectivity index (χ4n) is 2.30. The SMILES string of the molecule is COc1ccc(CNc2ncc(C(=O)Nc3ccc(C)cc3)cn2)cc1. The molecule has 6 nitrogen and oxygen atoms in total. The first kappa shape index (κ1) is 17.4. The summed E-state index contributed by atoms with van der Waals surface area (Å²) < 4.78 is 5.13. The third-order valence-electron chi connectivity index (χ3n) is 3.83. The highest BCUT2D eigenvalue weighted by atomic mass is 16.5. The number of nitrogens with one attached hydrogen (secondary N) is 2. The minimum absolute atomic E-state index is 0.240. The van der Waals surface area contributed by atoms with Crippen LogP contribution in [-0.4, -0.2) is 23.0 Å². The lowest BCUT2D eigenvalue weighted by atomic mass is 10.2. The molecule has 0 saturated heterocycles. The maximum atomic E-state index is 12.2. The molecule has 0 saturated carbocycles.